The van der Waals surface area contributed by atoms with Gasteiger partial charge in [0.05, 0.1) is 0 Å². The van der Waals surface area contributed by atoms with Crippen molar-refractivity contribution in [3.05, 3.63) is 29.8 Å². The molecule has 0 aliphatic heterocycles. The van der Waals surface area contributed by atoms with Crippen LogP contribution in [0.3, 0.4) is 0 Å². The van der Waals surface area contributed by atoms with E-state index in [0.717, 1.165) is 18.6 Å². The number of amides is 1. The predicted octanol–water partition coefficient (Wildman–Crippen LogP) is 4.20. The Bertz CT molecular complexity index is 482. The number of carbonyl (C=O) groups excluding carboxylic acids is 1. The second-order valence-electron chi connectivity index (χ2n) is 7.32. The van der Waals surface area contributed by atoms with Gasteiger partial charge in [-0.25, -0.2) is 0 Å². The standard InChI is InChI=1S/C19H29NO2/c1-19(2,3)15-9-8-12-17(13-15)22-14-18(21)20-16-10-6-4-5-7-11-16/h8-9,12-13,16H,4-7,10-11,14H2,1-3H3,(H,20,21). The second kappa shape index (κ2) is 7.66. The molecule has 0 unspecified atom stereocenters. The smallest absolute Gasteiger partial charge is 0.258 e. The summed E-state index contributed by atoms with van der Waals surface area (Å²) in [5, 5.41) is 3.11. The van der Waals surface area contributed by atoms with Crippen molar-refractivity contribution in [2.45, 2.75) is 70.8 Å². The molecule has 0 radical (unpaired) electrons. The first-order valence-electron chi connectivity index (χ1n) is 8.48. The van der Waals surface area contributed by atoms with Crippen molar-refractivity contribution in [2.75, 3.05) is 6.61 Å². The van der Waals surface area contributed by atoms with Gasteiger partial charge in [0.2, 0.25) is 0 Å². The molecule has 0 spiro atoms. The quantitative estimate of drug-likeness (QED) is 0.847. The first-order valence-corrected chi connectivity index (χ1v) is 8.48. The van der Waals surface area contributed by atoms with Gasteiger partial charge in [-0.1, -0.05) is 58.6 Å². The molecule has 3 nitrogen and oxygen atoms in total. The van der Waals surface area contributed by atoms with E-state index in [4.69, 9.17) is 4.74 Å². The summed E-state index contributed by atoms with van der Waals surface area (Å²) in [7, 11) is 0. The van der Waals surface area contributed by atoms with Crippen LogP contribution in [-0.2, 0) is 10.2 Å². The summed E-state index contributed by atoms with van der Waals surface area (Å²) >= 11 is 0. The zero-order valence-electron chi connectivity index (χ0n) is 14.2. The van der Waals surface area contributed by atoms with Gasteiger partial charge in [-0.15, -0.1) is 0 Å². The molecule has 1 saturated carbocycles. The highest BCUT2D eigenvalue weighted by molar-refractivity contribution is 5.77. The third-order valence-corrected chi connectivity index (χ3v) is 4.29. The normalized spacial score (nSPS) is 16.9. The molecule has 1 aromatic rings. The van der Waals surface area contributed by atoms with Gasteiger partial charge in [0.25, 0.3) is 5.91 Å². The Morgan fingerprint density at radius 1 is 1.18 bits per heavy atom. The minimum atomic E-state index is -0.00642. The van der Waals surface area contributed by atoms with Gasteiger partial charge < -0.3 is 10.1 Å². The minimum Gasteiger partial charge on any atom is -0.484 e. The second-order valence-corrected chi connectivity index (χ2v) is 7.32. The number of hydrogen-bond donors (Lipinski definition) is 1. The maximum atomic E-state index is 12.0. The van der Waals surface area contributed by atoms with Crippen LogP contribution >= 0.6 is 0 Å². The Balaban J connectivity index is 1.83. The van der Waals surface area contributed by atoms with Gasteiger partial charge in [0.1, 0.15) is 5.75 Å². The van der Waals surface area contributed by atoms with Gasteiger partial charge in [-0.3, -0.25) is 4.79 Å². The third-order valence-electron chi connectivity index (χ3n) is 4.29. The molecule has 122 valence electrons. The lowest BCUT2D eigenvalue weighted by molar-refractivity contribution is -0.123. The monoisotopic (exact) mass is 303 g/mol. The van der Waals surface area contributed by atoms with Gasteiger partial charge in [-0.05, 0) is 36.0 Å². The van der Waals surface area contributed by atoms with Crippen LogP contribution in [0.25, 0.3) is 0 Å². The average molecular weight is 303 g/mol. The molecular formula is C19H29NO2. The molecule has 0 heterocycles. The lowest BCUT2D eigenvalue weighted by atomic mass is 9.87. The fraction of sp³-hybridized carbons (Fsp3) is 0.632. The van der Waals surface area contributed by atoms with E-state index in [1.54, 1.807) is 0 Å². The molecule has 0 saturated heterocycles. The first-order chi connectivity index (χ1) is 10.4. The molecule has 0 bridgehead atoms. The predicted molar refractivity (Wildman–Crippen MR) is 90.3 cm³/mol. The van der Waals surface area contributed by atoms with Crippen LogP contribution in [0.1, 0.15) is 64.9 Å². The maximum absolute atomic E-state index is 12.0. The van der Waals surface area contributed by atoms with E-state index < -0.39 is 0 Å². The van der Waals surface area contributed by atoms with Crippen LogP contribution in [0.15, 0.2) is 24.3 Å². The van der Waals surface area contributed by atoms with Crippen LogP contribution in [0.5, 0.6) is 5.75 Å². The van der Waals surface area contributed by atoms with Crippen molar-refractivity contribution >= 4 is 5.91 Å². The summed E-state index contributed by atoms with van der Waals surface area (Å²) in [5.41, 5.74) is 1.30. The molecule has 1 aliphatic carbocycles. The number of carbonyl (C=O) groups is 1. The molecule has 0 aromatic heterocycles. The topological polar surface area (TPSA) is 38.3 Å². The summed E-state index contributed by atoms with van der Waals surface area (Å²) in [5.74, 6) is 0.761. The Hall–Kier alpha value is -1.51. The van der Waals surface area contributed by atoms with Crippen molar-refractivity contribution in [1.29, 1.82) is 0 Å². The first kappa shape index (κ1) is 16.9. The fourth-order valence-electron chi connectivity index (χ4n) is 2.89. The summed E-state index contributed by atoms with van der Waals surface area (Å²) in [6, 6.07) is 8.35. The van der Waals surface area contributed by atoms with E-state index in [9.17, 15) is 4.79 Å². The lowest BCUT2D eigenvalue weighted by Crippen LogP contribution is -2.37. The van der Waals surface area contributed by atoms with Crippen LogP contribution in [-0.4, -0.2) is 18.6 Å². The molecule has 1 aliphatic rings. The molecule has 0 atom stereocenters. The van der Waals surface area contributed by atoms with Crippen molar-refractivity contribution in [1.82, 2.24) is 5.32 Å². The molecule has 22 heavy (non-hydrogen) atoms. The van der Waals surface area contributed by atoms with Gasteiger partial charge >= 0.3 is 0 Å². The van der Waals surface area contributed by atoms with Crippen molar-refractivity contribution in [3.8, 4) is 5.75 Å². The Labute approximate surface area is 134 Å². The Morgan fingerprint density at radius 3 is 2.50 bits per heavy atom. The van der Waals surface area contributed by atoms with Gasteiger partial charge in [0, 0.05) is 6.04 Å². The number of benzene rings is 1. The average Bonchev–Trinajstić information content (AvgIpc) is 2.73. The van der Waals surface area contributed by atoms with E-state index in [1.165, 1.54) is 31.2 Å². The van der Waals surface area contributed by atoms with Gasteiger partial charge in [0.15, 0.2) is 6.61 Å². The third kappa shape index (κ3) is 5.36. The highest BCUT2D eigenvalue weighted by Gasteiger charge is 2.16. The van der Waals surface area contributed by atoms with E-state index in [-0.39, 0.29) is 17.9 Å². The van der Waals surface area contributed by atoms with E-state index in [1.807, 2.05) is 18.2 Å². The SMILES string of the molecule is CC(C)(C)c1cccc(OCC(=O)NC2CCCCCC2)c1. The summed E-state index contributed by atoms with van der Waals surface area (Å²) in [6.45, 7) is 6.62. The number of hydrogen-bond acceptors (Lipinski definition) is 2. The minimum absolute atomic E-state index is 0.00642. The number of nitrogens with one attached hydrogen (secondary N) is 1. The van der Waals surface area contributed by atoms with Crippen molar-refractivity contribution in [3.63, 3.8) is 0 Å². The largest absolute Gasteiger partial charge is 0.484 e. The summed E-state index contributed by atoms with van der Waals surface area (Å²) in [6.07, 6.45) is 7.24. The van der Waals surface area contributed by atoms with Crippen LogP contribution in [0, 0.1) is 0 Å². The van der Waals surface area contributed by atoms with E-state index >= 15 is 0 Å². The molecule has 1 N–H and O–H groups in total. The molecule has 2 rings (SSSR count). The summed E-state index contributed by atoms with van der Waals surface area (Å²) < 4.78 is 5.66. The van der Waals surface area contributed by atoms with Gasteiger partial charge in [-0.2, -0.15) is 0 Å². The lowest BCUT2D eigenvalue weighted by Gasteiger charge is -2.20. The Kier molecular flexibility index (Phi) is 5.87. The summed E-state index contributed by atoms with van der Waals surface area (Å²) in [4.78, 5) is 12.0. The molecule has 1 amide bonds. The van der Waals surface area contributed by atoms with Crippen LogP contribution in [0.4, 0.5) is 0 Å². The number of ether oxygens (including phenoxy) is 1. The molecule has 1 aromatic carbocycles. The zero-order valence-corrected chi connectivity index (χ0v) is 14.2. The molecular weight excluding hydrogens is 274 g/mol. The van der Waals surface area contributed by atoms with Crippen LogP contribution < -0.4 is 10.1 Å². The van der Waals surface area contributed by atoms with Crippen molar-refractivity contribution < 1.29 is 9.53 Å². The zero-order chi connectivity index (χ0) is 16.0. The van der Waals surface area contributed by atoms with E-state index in [0.29, 0.717) is 6.04 Å². The highest BCUT2D eigenvalue weighted by atomic mass is 16.5. The Morgan fingerprint density at radius 2 is 1.86 bits per heavy atom. The highest BCUT2D eigenvalue weighted by Crippen LogP contribution is 2.25. The molecule has 3 heteroatoms. The number of rotatable bonds is 4. The fourth-order valence-corrected chi connectivity index (χ4v) is 2.89. The van der Waals surface area contributed by atoms with Crippen LogP contribution in [0.2, 0.25) is 0 Å². The maximum Gasteiger partial charge on any atom is 0.258 e. The van der Waals surface area contributed by atoms with E-state index in [2.05, 4.69) is 32.2 Å². The molecule has 1 fully saturated rings. The van der Waals surface area contributed by atoms with Crippen molar-refractivity contribution in [2.24, 2.45) is 0 Å².